The Morgan fingerprint density at radius 2 is 1.77 bits per heavy atom. The summed E-state index contributed by atoms with van der Waals surface area (Å²) in [5, 5.41) is 0. The number of amides is 2. The molecule has 4 heteroatoms. The van der Waals surface area contributed by atoms with Crippen molar-refractivity contribution in [1.82, 2.24) is 0 Å². The number of primary amides is 2. The van der Waals surface area contributed by atoms with Gasteiger partial charge in [-0.2, -0.15) is 0 Å². The van der Waals surface area contributed by atoms with E-state index in [1.807, 2.05) is 6.92 Å². The van der Waals surface area contributed by atoms with Gasteiger partial charge in [0, 0.05) is 12.8 Å². The Hall–Kier alpha value is -1.06. The Bertz CT molecular complexity index is 180. The van der Waals surface area contributed by atoms with Crippen molar-refractivity contribution in [2.45, 2.75) is 39.0 Å². The van der Waals surface area contributed by atoms with Gasteiger partial charge in [0.05, 0.1) is 0 Å². The molecule has 0 saturated carbocycles. The quantitative estimate of drug-likeness (QED) is 0.569. The first-order chi connectivity index (χ1) is 6.02. The van der Waals surface area contributed by atoms with Crippen LogP contribution in [0.15, 0.2) is 0 Å². The normalized spacial score (nSPS) is 12.4. The molecule has 2 amide bonds. The molecule has 0 radical (unpaired) electrons. The van der Waals surface area contributed by atoms with Gasteiger partial charge in [-0.15, -0.1) is 0 Å². The zero-order valence-electron chi connectivity index (χ0n) is 8.08. The average Bonchev–Trinajstić information content (AvgIpc) is 1.96. The van der Waals surface area contributed by atoms with E-state index in [0.717, 1.165) is 19.3 Å². The molecule has 0 aliphatic carbocycles. The summed E-state index contributed by atoms with van der Waals surface area (Å²) in [6, 6.07) is 0. The third-order valence-corrected chi connectivity index (χ3v) is 1.92. The second kappa shape index (κ2) is 6.46. The van der Waals surface area contributed by atoms with Crippen LogP contribution in [0.3, 0.4) is 0 Å². The summed E-state index contributed by atoms with van der Waals surface area (Å²) in [6.07, 6.45) is 3.52. The first-order valence-corrected chi connectivity index (χ1v) is 4.59. The van der Waals surface area contributed by atoms with Crippen LogP contribution >= 0.6 is 0 Å². The van der Waals surface area contributed by atoms with Crippen LogP contribution in [0.4, 0.5) is 0 Å². The van der Waals surface area contributed by atoms with E-state index in [0.29, 0.717) is 18.8 Å². The van der Waals surface area contributed by atoms with E-state index in [1.165, 1.54) is 0 Å². The van der Waals surface area contributed by atoms with Crippen molar-refractivity contribution < 1.29 is 9.59 Å². The maximum Gasteiger partial charge on any atom is 0.217 e. The highest BCUT2D eigenvalue weighted by molar-refractivity contribution is 5.74. The average molecular weight is 186 g/mol. The molecule has 0 rings (SSSR count). The molecule has 0 aromatic heterocycles. The van der Waals surface area contributed by atoms with Gasteiger partial charge >= 0.3 is 0 Å². The van der Waals surface area contributed by atoms with Crippen molar-refractivity contribution in [2.24, 2.45) is 17.4 Å². The maximum atomic E-state index is 10.5. The van der Waals surface area contributed by atoms with Crippen LogP contribution in [0.2, 0.25) is 0 Å². The molecule has 0 aliphatic rings. The van der Waals surface area contributed by atoms with Crippen molar-refractivity contribution in [3.05, 3.63) is 0 Å². The molecule has 0 bridgehead atoms. The fraction of sp³-hybridized carbons (Fsp3) is 0.778. The number of hydrogen-bond donors (Lipinski definition) is 2. The van der Waals surface area contributed by atoms with Gasteiger partial charge in [0.2, 0.25) is 11.8 Å². The molecule has 4 N–H and O–H groups in total. The molecule has 4 nitrogen and oxygen atoms in total. The van der Waals surface area contributed by atoms with Crippen molar-refractivity contribution in [3.8, 4) is 0 Å². The van der Waals surface area contributed by atoms with Gasteiger partial charge in [-0.25, -0.2) is 0 Å². The van der Waals surface area contributed by atoms with Crippen molar-refractivity contribution in [1.29, 1.82) is 0 Å². The molecular weight excluding hydrogens is 168 g/mol. The van der Waals surface area contributed by atoms with E-state index in [4.69, 9.17) is 11.5 Å². The zero-order chi connectivity index (χ0) is 10.3. The van der Waals surface area contributed by atoms with E-state index >= 15 is 0 Å². The summed E-state index contributed by atoms with van der Waals surface area (Å²) in [5.74, 6) is -0.213. The lowest BCUT2D eigenvalue weighted by Gasteiger charge is -2.07. The van der Waals surface area contributed by atoms with Crippen LogP contribution in [0.1, 0.15) is 39.0 Å². The fourth-order valence-electron chi connectivity index (χ4n) is 1.24. The van der Waals surface area contributed by atoms with Gasteiger partial charge < -0.3 is 11.5 Å². The lowest BCUT2D eigenvalue weighted by Crippen LogP contribution is -2.15. The molecule has 0 aliphatic heterocycles. The Kier molecular flexibility index (Phi) is 5.93. The molecule has 0 fully saturated rings. The molecule has 76 valence electrons. The summed E-state index contributed by atoms with van der Waals surface area (Å²) in [5.41, 5.74) is 10.0. The Balaban J connectivity index is 3.31. The molecule has 1 unspecified atom stereocenters. The van der Waals surface area contributed by atoms with Gasteiger partial charge in [-0.3, -0.25) is 9.59 Å². The molecule has 0 spiro atoms. The second-order valence-corrected chi connectivity index (χ2v) is 3.49. The lowest BCUT2D eigenvalue weighted by atomic mass is 9.99. The van der Waals surface area contributed by atoms with Crippen LogP contribution in [0.5, 0.6) is 0 Å². The number of carbonyl (C=O) groups excluding carboxylic acids is 2. The SMILES string of the molecule is CC(CCCCC(N)=O)CC(N)=O. The van der Waals surface area contributed by atoms with E-state index in [1.54, 1.807) is 0 Å². The first kappa shape index (κ1) is 11.9. The molecule has 1 atom stereocenters. The van der Waals surface area contributed by atoms with Gasteiger partial charge in [-0.05, 0) is 12.3 Å². The molecule has 0 heterocycles. The Labute approximate surface area is 78.7 Å². The number of nitrogens with two attached hydrogens (primary N) is 2. The summed E-state index contributed by atoms with van der Waals surface area (Å²) in [4.78, 5) is 20.9. The summed E-state index contributed by atoms with van der Waals surface area (Å²) in [7, 11) is 0. The fourth-order valence-corrected chi connectivity index (χ4v) is 1.24. The number of hydrogen-bond acceptors (Lipinski definition) is 2. The molecule has 0 saturated heterocycles. The van der Waals surface area contributed by atoms with Crippen molar-refractivity contribution >= 4 is 11.8 Å². The largest absolute Gasteiger partial charge is 0.370 e. The van der Waals surface area contributed by atoms with Gasteiger partial charge in [0.15, 0.2) is 0 Å². The summed E-state index contributed by atoms with van der Waals surface area (Å²) >= 11 is 0. The minimum Gasteiger partial charge on any atom is -0.370 e. The van der Waals surface area contributed by atoms with Gasteiger partial charge in [-0.1, -0.05) is 19.8 Å². The third-order valence-electron chi connectivity index (χ3n) is 1.92. The highest BCUT2D eigenvalue weighted by Crippen LogP contribution is 2.12. The lowest BCUT2D eigenvalue weighted by molar-refractivity contribution is -0.119. The second-order valence-electron chi connectivity index (χ2n) is 3.49. The van der Waals surface area contributed by atoms with Crippen molar-refractivity contribution in [3.63, 3.8) is 0 Å². The molecule has 13 heavy (non-hydrogen) atoms. The predicted octanol–water partition coefficient (Wildman–Crippen LogP) is 0.544. The minimum absolute atomic E-state index is 0.262. The number of carbonyl (C=O) groups is 2. The predicted molar refractivity (Wildman–Crippen MR) is 50.6 cm³/mol. The monoisotopic (exact) mass is 186 g/mol. The van der Waals surface area contributed by atoms with E-state index in [2.05, 4.69) is 0 Å². The van der Waals surface area contributed by atoms with Crippen LogP contribution < -0.4 is 11.5 Å². The molecular formula is C9H18N2O2. The van der Waals surface area contributed by atoms with Crippen LogP contribution in [-0.2, 0) is 9.59 Å². The molecule has 0 aromatic carbocycles. The summed E-state index contributed by atoms with van der Waals surface area (Å²) < 4.78 is 0. The van der Waals surface area contributed by atoms with Gasteiger partial charge in [0.1, 0.15) is 0 Å². The number of rotatable bonds is 7. The van der Waals surface area contributed by atoms with E-state index in [-0.39, 0.29) is 11.8 Å². The van der Waals surface area contributed by atoms with E-state index in [9.17, 15) is 9.59 Å². The van der Waals surface area contributed by atoms with E-state index < -0.39 is 0 Å². The highest BCUT2D eigenvalue weighted by Gasteiger charge is 2.05. The topological polar surface area (TPSA) is 86.2 Å². The van der Waals surface area contributed by atoms with Crippen LogP contribution in [0.25, 0.3) is 0 Å². The number of unbranched alkanes of at least 4 members (excludes halogenated alkanes) is 1. The Morgan fingerprint density at radius 1 is 1.15 bits per heavy atom. The molecule has 0 aromatic rings. The Morgan fingerprint density at radius 3 is 2.23 bits per heavy atom. The first-order valence-electron chi connectivity index (χ1n) is 4.59. The summed E-state index contributed by atoms with van der Waals surface area (Å²) in [6.45, 7) is 1.98. The van der Waals surface area contributed by atoms with Crippen LogP contribution in [-0.4, -0.2) is 11.8 Å². The zero-order valence-corrected chi connectivity index (χ0v) is 8.08. The third kappa shape index (κ3) is 8.85. The van der Waals surface area contributed by atoms with Crippen molar-refractivity contribution in [2.75, 3.05) is 0 Å². The van der Waals surface area contributed by atoms with Gasteiger partial charge in [0.25, 0.3) is 0 Å². The maximum absolute atomic E-state index is 10.5. The standard InChI is InChI=1S/C9H18N2O2/c1-7(6-9(11)13)4-2-3-5-8(10)12/h7H,2-6H2,1H3,(H2,10,12)(H2,11,13). The minimum atomic E-state index is -0.262. The smallest absolute Gasteiger partial charge is 0.217 e. The highest BCUT2D eigenvalue weighted by atomic mass is 16.1. The van der Waals surface area contributed by atoms with Crippen LogP contribution in [0, 0.1) is 5.92 Å².